The molecule has 0 spiro atoms. The average Bonchev–Trinajstić information content (AvgIpc) is 2.44. The van der Waals surface area contributed by atoms with Gasteiger partial charge in [-0.15, -0.1) is 0 Å². The number of amides is 2. The smallest absolute Gasteiger partial charge is 0.317 e. The van der Waals surface area contributed by atoms with Crippen LogP contribution in [0.15, 0.2) is 30.3 Å². The summed E-state index contributed by atoms with van der Waals surface area (Å²) in [7, 11) is 1.65. The van der Waals surface area contributed by atoms with Crippen LogP contribution in [0, 0.1) is 0 Å². The van der Waals surface area contributed by atoms with Crippen molar-refractivity contribution in [2.45, 2.75) is 26.0 Å². The summed E-state index contributed by atoms with van der Waals surface area (Å²) >= 11 is 0. The molecule has 2 N–H and O–H groups in total. The number of carbonyl (C=O) groups excluding carboxylic acids is 1. The molecule has 0 radical (unpaired) electrons. The van der Waals surface area contributed by atoms with Crippen molar-refractivity contribution in [1.82, 2.24) is 10.2 Å². The Morgan fingerprint density at radius 1 is 1.37 bits per heavy atom. The molecule has 0 aliphatic carbocycles. The number of likely N-dealkylation sites (N-methyl/N-ethyl adjacent to an activating group) is 1. The maximum absolute atomic E-state index is 11.7. The number of aliphatic hydroxyl groups excluding tert-OH is 1. The molecule has 5 heteroatoms. The number of urea groups is 1. The summed E-state index contributed by atoms with van der Waals surface area (Å²) in [4.78, 5) is 13.2. The zero-order chi connectivity index (χ0) is 14.3. The van der Waals surface area contributed by atoms with Gasteiger partial charge in [-0.05, 0) is 26.0 Å². The van der Waals surface area contributed by atoms with E-state index in [1.165, 1.54) is 4.90 Å². The maximum atomic E-state index is 11.7. The highest BCUT2D eigenvalue weighted by molar-refractivity contribution is 5.74. The molecule has 1 rings (SSSR count). The fourth-order valence-corrected chi connectivity index (χ4v) is 1.45. The van der Waals surface area contributed by atoms with Crippen molar-refractivity contribution in [2.75, 3.05) is 20.2 Å². The lowest BCUT2D eigenvalue weighted by atomic mass is 10.3. The predicted octanol–water partition coefficient (Wildman–Crippen LogP) is 1.48. The zero-order valence-corrected chi connectivity index (χ0v) is 11.7. The first-order valence-electron chi connectivity index (χ1n) is 6.37. The van der Waals surface area contributed by atoms with E-state index in [4.69, 9.17) is 9.84 Å². The van der Waals surface area contributed by atoms with E-state index >= 15 is 0 Å². The van der Waals surface area contributed by atoms with Gasteiger partial charge in [0.25, 0.3) is 0 Å². The van der Waals surface area contributed by atoms with E-state index in [-0.39, 0.29) is 24.8 Å². The van der Waals surface area contributed by atoms with E-state index in [0.717, 1.165) is 5.75 Å². The van der Waals surface area contributed by atoms with Gasteiger partial charge in [0.2, 0.25) is 0 Å². The van der Waals surface area contributed by atoms with E-state index in [1.54, 1.807) is 14.0 Å². The van der Waals surface area contributed by atoms with Crippen molar-refractivity contribution in [1.29, 1.82) is 0 Å². The molecule has 0 aliphatic heterocycles. The van der Waals surface area contributed by atoms with Crippen molar-refractivity contribution in [3.8, 4) is 5.75 Å². The fourth-order valence-electron chi connectivity index (χ4n) is 1.45. The lowest BCUT2D eigenvalue weighted by Crippen LogP contribution is -2.46. The number of para-hydroxylation sites is 1. The third-order valence-corrected chi connectivity index (χ3v) is 2.87. The van der Waals surface area contributed by atoms with E-state index in [9.17, 15) is 4.79 Å². The number of hydrogen-bond acceptors (Lipinski definition) is 3. The van der Waals surface area contributed by atoms with Gasteiger partial charge in [0.1, 0.15) is 11.9 Å². The summed E-state index contributed by atoms with van der Waals surface area (Å²) in [5.74, 6) is 0.779. The van der Waals surface area contributed by atoms with Gasteiger partial charge in [0, 0.05) is 7.05 Å². The summed E-state index contributed by atoms with van der Waals surface area (Å²) in [5.41, 5.74) is 0. The van der Waals surface area contributed by atoms with Crippen LogP contribution in [-0.2, 0) is 0 Å². The number of carbonyl (C=O) groups is 1. The van der Waals surface area contributed by atoms with E-state index in [2.05, 4.69) is 5.32 Å². The summed E-state index contributed by atoms with van der Waals surface area (Å²) in [6.07, 6.45) is -0.121. The van der Waals surface area contributed by atoms with Gasteiger partial charge >= 0.3 is 6.03 Å². The summed E-state index contributed by atoms with van der Waals surface area (Å²) in [6, 6.07) is 9.05. The molecule has 0 bridgehead atoms. The second-order valence-corrected chi connectivity index (χ2v) is 4.57. The second-order valence-electron chi connectivity index (χ2n) is 4.57. The molecule has 106 valence electrons. The summed E-state index contributed by atoms with van der Waals surface area (Å²) in [6.45, 7) is 4.03. The number of ether oxygens (including phenoxy) is 1. The van der Waals surface area contributed by atoms with Gasteiger partial charge < -0.3 is 20.1 Å². The Bertz CT molecular complexity index is 384. The summed E-state index contributed by atoms with van der Waals surface area (Å²) in [5, 5.41) is 11.7. The first-order valence-corrected chi connectivity index (χ1v) is 6.37. The van der Waals surface area contributed by atoms with Crippen LogP contribution in [0.3, 0.4) is 0 Å². The van der Waals surface area contributed by atoms with Gasteiger partial charge in [0.05, 0.1) is 19.2 Å². The summed E-state index contributed by atoms with van der Waals surface area (Å²) < 4.78 is 5.65. The van der Waals surface area contributed by atoms with Crippen LogP contribution >= 0.6 is 0 Å². The Morgan fingerprint density at radius 2 is 2.00 bits per heavy atom. The molecule has 2 atom stereocenters. The topological polar surface area (TPSA) is 61.8 Å². The molecule has 0 aliphatic rings. The highest BCUT2D eigenvalue weighted by Gasteiger charge is 2.15. The molecular formula is C14H22N2O3. The SMILES string of the molecule is CC(CNC(=O)N(C)C(C)CO)Oc1ccccc1. The largest absolute Gasteiger partial charge is 0.489 e. The minimum absolute atomic E-state index is 0.0556. The van der Waals surface area contributed by atoms with Crippen LogP contribution in [0.25, 0.3) is 0 Å². The van der Waals surface area contributed by atoms with Crippen molar-refractivity contribution >= 4 is 6.03 Å². The number of nitrogens with zero attached hydrogens (tertiary/aromatic N) is 1. The predicted molar refractivity (Wildman–Crippen MR) is 74.2 cm³/mol. The molecule has 1 aromatic carbocycles. The molecule has 1 aromatic rings. The molecule has 5 nitrogen and oxygen atoms in total. The molecule has 0 fully saturated rings. The lowest BCUT2D eigenvalue weighted by molar-refractivity contribution is 0.151. The number of benzene rings is 1. The monoisotopic (exact) mass is 266 g/mol. The van der Waals surface area contributed by atoms with Gasteiger partial charge in [-0.1, -0.05) is 18.2 Å². The molecule has 2 amide bonds. The molecule has 0 saturated carbocycles. The van der Waals surface area contributed by atoms with Crippen LogP contribution in [0.4, 0.5) is 4.79 Å². The van der Waals surface area contributed by atoms with Gasteiger partial charge in [0.15, 0.2) is 0 Å². The van der Waals surface area contributed by atoms with Crippen molar-refractivity contribution in [3.63, 3.8) is 0 Å². The Hall–Kier alpha value is -1.75. The first kappa shape index (κ1) is 15.3. The van der Waals surface area contributed by atoms with Gasteiger partial charge in [-0.2, -0.15) is 0 Å². The second kappa shape index (κ2) is 7.63. The van der Waals surface area contributed by atoms with Crippen molar-refractivity contribution in [3.05, 3.63) is 30.3 Å². The molecule has 0 saturated heterocycles. The van der Waals surface area contributed by atoms with E-state index in [0.29, 0.717) is 6.54 Å². The van der Waals surface area contributed by atoms with Crippen LogP contribution in [0.1, 0.15) is 13.8 Å². The van der Waals surface area contributed by atoms with Crippen LogP contribution in [0.2, 0.25) is 0 Å². The molecule has 0 heterocycles. The Labute approximate surface area is 114 Å². The number of nitrogens with one attached hydrogen (secondary N) is 1. The molecule has 0 aromatic heterocycles. The third-order valence-electron chi connectivity index (χ3n) is 2.87. The first-order chi connectivity index (χ1) is 9.04. The Morgan fingerprint density at radius 3 is 2.58 bits per heavy atom. The lowest BCUT2D eigenvalue weighted by Gasteiger charge is -2.24. The maximum Gasteiger partial charge on any atom is 0.317 e. The standard InChI is InChI=1S/C14H22N2O3/c1-11(10-17)16(3)14(18)15-9-12(2)19-13-7-5-4-6-8-13/h4-8,11-12,17H,9-10H2,1-3H3,(H,15,18). The van der Waals surface area contributed by atoms with Gasteiger partial charge in [-0.3, -0.25) is 0 Å². The van der Waals surface area contributed by atoms with Gasteiger partial charge in [-0.25, -0.2) is 4.79 Å². The number of rotatable bonds is 6. The average molecular weight is 266 g/mol. The third kappa shape index (κ3) is 5.18. The Balaban J connectivity index is 2.34. The quantitative estimate of drug-likeness (QED) is 0.819. The highest BCUT2D eigenvalue weighted by atomic mass is 16.5. The van der Waals surface area contributed by atoms with Crippen LogP contribution < -0.4 is 10.1 Å². The van der Waals surface area contributed by atoms with E-state index < -0.39 is 0 Å². The van der Waals surface area contributed by atoms with Crippen LogP contribution in [0.5, 0.6) is 5.75 Å². The number of hydrogen-bond donors (Lipinski definition) is 2. The molecule has 19 heavy (non-hydrogen) atoms. The van der Waals surface area contributed by atoms with Crippen molar-refractivity contribution in [2.24, 2.45) is 0 Å². The van der Waals surface area contributed by atoms with Crippen molar-refractivity contribution < 1.29 is 14.6 Å². The van der Waals surface area contributed by atoms with Crippen LogP contribution in [-0.4, -0.2) is 48.4 Å². The number of aliphatic hydroxyl groups is 1. The highest BCUT2D eigenvalue weighted by Crippen LogP contribution is 2.10. The Kier molecular flexibility index (Phi) is 6.15. The fraction of sp³-hybridized carbons (Fsp3) is 0.500. The van der Waals surface area contributed by atoms with E-state index in [1.807, 2.05) is 37.3 Å². The minimum Gasteiger partial charge on any atom is -0.489 e. The normalized spacial score (nSPS) is 13.5. The molecule has 2 unspecified atom stereocenters. The minimum atomic E-state index is -0.218. The molecular weight excluding hydrogens is 244 g/mol. The zero-order valence-electron chi connectivity index (χ0n) is 11.7.